The highest BCUT2D eigenvalue weighted by Crippen LogP contribution is 2.27. The average molecular weight is 214 g/mol. The third-order valence-corrected chi connectivity index (χ3v) is 3.96. The molecule has 3 atom stereocenters. The van der Waals surface area contributed by atoms with E-state index in [1.807, 2.05) is 11.8 Å². The highest BCUT2D eigenvalue weighted by molar-refractivity contribution is 8.00. The van der Waals surface area contributed by atoms with Crippen LogP contribution in [0.15, 0.2) is 0 Å². The van der Waals surface area contributed by atoms with Crippen molar-refractivity contribution in [2.75, 3.05) is 0 Å². The molecule has 0 saturated heterocycles. The van der Waals surface area contributed by atoms with Crippen molar-refractivity contribution in [3.8, 4) is 6.07 Å². The first kappa shape index (κ1) is 13.8. The van der Waals surface area contributed by atoms with Gasteiger partial charge in [0, 0.05) is 10.5 Å². The molecule has 0 spiro atoms. The summed E-state index contributed by atoms with van der Waals surface area (Å²) in [5.41, 5.74) is 5.12. The lowest BCUT2D eigenvalue weighted by Crippen LogP contribution is -2.37. The lowest BCUT2D eigenvalue weighted by Gasteiger charge is -2.24. The van der Waals surface area contributed by atoms with Crippen molar-refractivity contribution in [3.63, 3.8) is 0 Å². The molecule has 0 rings (SSSR count). The van der Waals surface area contributed by atoms with Gasteiger partial charge in [-0.05, 0) is 19.3 Å². The number of thioether (sulfide) groups is 1. The van der Waals surface area contributed by atoms with Crippen molar-refractivity contribution >= 4 is 11.8 Å². The molecule has 0 bridgehead atoms. The van der Waals surface area contributed by atoms with Crippen LogP contribution in [0.5, 0.6) is 0 Å². The molecule has 0 aromatic heterocycles. The Bertz CT molecular complexity index is 206. The van der Waals surface area contributed by atoms with Crippen LogP contribution in [0, 0.1) is 17.2 Å². The summed E-state index contributed by atoms with van der Waals surface area (Å²) in [7, 11) is 0. The van der Waals surface area contributed by atoms with Gasteiger partial charge in [-0.15, -0.1) is 0 Å². The van der Waals surface area contributed by atoms with Crippen molar-refractivity contribution in [1.82, 2.24) is 0 Å². The standard InChI is InChI=1S/C11H22N2S/c1-8(2)10(4)14-9(3)6-11(5,13)7-12/h8-10H,6,13H2,1-5H3. The molecule has 3 unspecified atom stereocenters. The molecule has 0 aliphatic heterocycles. The van der Waals surface area contributed by atoms with Crippen LogP contribution in [-0.4, -0.2) is 16.0 Å². The quantitative estimate of drug-likeness (QED) is 0.765. The summed E-state index contributed by atoms with van der Waals surface area (Å²) in [6.07, 6.45) is 0.755. The van der Waals surface area contributed by atoms with E-state index in [1.54, 1.807) is 6.92 Å². The number of rotatable bonds is 5. The monoisotopic (exact) mass is 214 g/mol. The number of nitrogens with two attached hydrogens (primary N) is 1. The summed E-state index contributed by atoms with van der Waals surface area (Å²) in [6, 6.07) is 2.14. The molecule has 0 fully saturated rings. The van der Waals surface area contributed by atoms with Gasteiger partial charge in [-0.1, -0.05) is 27.7 Å². The van der Waals surface area contributed by atoms with Crippen LogP contribution in [0.1, 0.15) is 41.0 Å². The summed E-state index contributed by atoms with van der Waals surface area (Å²) in [6.45, 7) is 10.6. The largest absolute Gasteiger partial charge is 0.314 e. The fraction of sp³-hybridized carbons (Fsp3) is 0.909. The maximum absolute atomic E-state index is 8.80. The zero-order chi connectivity index (χ0) is 11.4. The van der Waals surface area contributed by atoms with E-state index in [0.717, 1.165) is 6.42 Å². The summed E-state index contributed by atoms with van der Waals surface area (Å²) in [5, 5.41) is 9.87. The molecule has 3 heteroatoms. The Morgan fingerprint density at radius 3 is 2.21 bits per heavy atom. The van der Waals surface area contributed by atoms with Crippen LogP contribution < -0.4 is 5.73 Å². The van der Waals surface area contributed by atoms with Crippen LogP contribution in [0.2, 0.25) is 0 Å². The molecule has 2 nitrogen and oxygen atoms in total. The molecular weight excluding hydrogens is 192 g/mol. The SMILES string of the molecule is CC(CC(C)(N)C#N)SC(C)C(C)C. The molecule has 0 amide bonds. The molecule has 0 radical (unpaired) electrons. The van der Waals surface area contributed by atoms with Crippen molar-refractivity contribution < 1.29 is 0 Å². The third-order valence-electron chi connectivity index (χ3n) is 2.35. The van der Waals surface area contributed by atoms with E-state index in [1.165, 1.54) is 0 Å². The second kappa shape index (κ2) is 5.63. The van der Waals surface area contributed by atoms with Gasteiger partial charge in [0.1, 0.15) is 5.54 Å². The van der Waals surface area contributed by atoms with Crippen molar-refractivity contribution in [1.29, 1.82) is 5.26 Å². The fourth-order valence-electron chi connectivity index (χ4n) is 1.21. The van der Waals surface area contributed by atoms with E-state index in [2.05, 4.69) is 33.8 Å². The molecule has 0 aromatic carbocycles. The van der Waals surface area contributed by atoms with Crippen molar-refractivity contribution in [2.45, 2.75) is 57.1 Å². The topological polar surface area (TPSA) is 49.8 Å². The molecular formula is C11H22N2S. The van der Waals surface area contributed by atoms with E-state index in [-0.39, 0.29) is 0 Å². The maximum atomic E-state index is 8.80. The van der Waals surface area contributed by atoms with Gasteiger partial charge < -0.3 is 5.73 Å². The average Bonchev–Trinajstić information content (AvgIpc) is 2.02. The van der Waals surface area contributed by atoms with Gasteiger partial charge in [-0.3, -0.25) is 0 Å². The van der Waals surface area contributed by atoms with Crippen LogP contribution in [0.4, 0.5) is 0 Å². The normalized spacial score (nSPS) is 19.9. The van der Waals surface area contributed by atoms with E-state index in [0.29, 0.717) is 16.4 Å². The van der Waals surface area contributed by atoms with Crippen LogP contribution in [0.25, 0.3) is 0 Å². The predicted molar refractivity (Wildman–Crippen MR) is 64.2 cm³/mol. The van der Waals surface area contributed by atoms with Gasteiger partial charge in [0.15, 0.2) is 0 Å². The van der Waals surface area contributed by atoms with Crippen LogP contribution >= 0.6 is 11.8 Å². The van der Waals surface area contributed by atoms with Crippen molar-refractivity contribution in [3.05, 3.63) is 0 Å². The molecule has 82 valence electrons. The van der Waals surface area contributed by atoms with E-state index < -0.39 is 5.54 Å². The Kier molecular flexibility index (Phi) is 5.54. The van der Waals surface area contributed by atoms with E-state index in [4.69, 9.17) is 11.0 Å². The van der Waals surface area contributed by atoms with Gasteiger partial charge >= 0.3 is 0 Å². The highest BCUT2D eigenvalue weighted by atomic mass is 32.2. The molecule has 0 heterocycles. The van der Waals surface area contributed by atoms with Gasteiger partial charge in [-0.2, -0.15) is 17.0 Å². The summed E-state index contributed by atoms with van der Waals surface area (Å²) < 4.78 is 0. The summed E-state index contributed by atoms with van der Waals surface area (Å²) in [5.74, 6) is 0.675. The first-order valence-electron chi connectivity index (χ1n) is 5.14. The summed E-state index contributed by atoms with van der Waals surface area (Å²) in [4.78, 5) is 0. The maximum Gasteiger partial charge on any atom is 0.102 e. The van der Waals surface area contributed by atoms with E-state index in [9.17, 15) is 0 Å². The predicted octanol–water partition coefficient (Wildman–Crippen LogP) is 2.78. The molecule has 0 saturated carbocycles. The highest BCUT2D eigenvalue weighted by Gasteiger charge is 2.23. The van der Waals surface area contributed by atoms with Gasteiger partial charge in [-0.25, -0.2) is 0 Å². The minimum Gasteiger partial charge on any atom is -0.314 e. The second-order valence-electron chi connectivity index (χ2n) is 4.63. The number of nitriles is 1. The zero-order valence-corrected chi connectivity index (χ0v) is 10.7. The van der Waals surface area contributed by atoms with Gasteiger partial charge in [0.05, 0.1) is 6.07 Å². The van der Waals surface area contributed by atoms with Crippen LogP contribution in [0.3, 0.4) is 0 Å². The summed E-state index contributed by atoms with van der Waals surface area (Å²) >= 11 is 1.92. The number of hydrogen-bond acceptors (Lipinski definition) is 3. The second-order valence-corrected chi connectivity index (χ2v) is 6.45. The van der Waals surface area contributed by atoms with Gasteiger partial charge in [0.2, 0.25) is 0 Å². The zero-order valence-electron chi connectivity index (χ0n) is 9.87. The molecule has 0 aliphatic rings. The fourth-order valence-corrected chi connectivity index (χ4v) is 2.70. The third kappa shape index (κ3) is 5.51. The first-order valence-corrected chi connectivity index (χ1v) is 6.08. The lowest BCUT2D eigenvalue weighted by molar-refractivity contribution is 0.541. The van der Waals surface area contributed by atoms with E-state index >= 15 is 0 Å². The molecule has 0 aliphatic carbocycles. The molecule has 2 N–H and O–H groups in total. The van der Waals surface area contributed by atoms with Crippen LogP contribution in [-0.2, 0) is 0 Å². The Morgan fingerprint density at radius 1 is 1.36 bits per heavy atom. The Labute approximate surface area is 92.2 Å². The smallest absolute Gasteiger partial charge is 0.102 e. The minimum atomic E-state index is -0.677. The van der Waals surface area contributed by atoms with Crippen molar-refractivity contribution in [2.24, 2.45) is 11.7 Å². The number of hydrogen-bond donors (Lipinski definition) is 1. The molecule has 0 aromatic rings. The molecule has 14 heavy (non-hydrogen) atoms. The van der Waals surface area contributed by atoms with Gasteiger partial charge in [0.25, 0.3) is 0 Å². The lowest BCUT2D eigenvalue weighted by atomic mass is 10.00. The minimum absolute atomic E-state index is 0.446. The Hall–Kier alpha value is -0.200. The number of nitrogens with zero attached hydrogens (tertiary/aromatic N) is 1. The Balaban J connectivity index is 4.00. The Morgan fingerprint density at radius 2 is 1.86 bits per heavy atom. The first-order chi connectivity index (χ1) is 6.28.